The quantitative estimate of drug-likeness (QED) is 0.667. The molecule has 0 saturated carbocycles. The van der Waals surface area contributed by atoms with Crippen LogP contribution < -0.4 is 0 Å². The van der Waals surface area contributed by atoms with Crippen LogP contribution in [-0.2, 0) is 0 Å². The zero-order valence-corrected chi connectivity index (χ0v) is 12.1. The van der Waals surface area contributed by atoms with Gasteiger partial charge in [-0.1, -0.05) is 52.1 Å². The summed E-state index contributed by atoms with van der Waals surface area (Å²) in [6.45, 7) is 2.02. The third-order valence-corrected chi connectivity index (χ3v) is 3.61. The molecule has 0 amide bonds. The fourth-order valence-corrected chi connectivity index (χ4v) is 2.17. The van der Waals surface area contributed by atoms with Gasteiger partial charge in [0.25, 0.3) is 5.89 Å². The second kappa shape index (κ2) is 5.27. The summed E-state index contributed by atoms with van der Waals surface area (Å²) in [6.07, 6.45) is 0. The minimum Gasteiger partial charge on any atom is -0.334 e. The van der Waals surface area contributed by atoms with E-state index in [1.54, 1.807) is 18.2 Å². The zero-order valence-electron chi connectivity index (χ0n) is 10.6. The molecular formula is C15H10Cl2N2O. The SMILES string of the molecule is Cc1cccc(-c2noc(-c3ccc(Cl)c(Cl)c3)n2)c1. The smallest absolute Gasteiger partial charge is 0.258 e. The number of rotatable bonds is 2. The fourth-order valence-electron chi connectivity index (χ4n) is 1.87. The highest BCUT2D eigenvalue weighted by molar-refractivity contribution is 6.42. The summed E-state index contributed by atoms with van der Waals surface area (Å²) in [5.41, 5.74) is 2.80. The van der Waals surface area contributed by atoms with Gasteiger partial charge in [0.05, 0.1) is 10.0 Å². The summed E-state index contributed by atoms with van der Waals surface area (Å²) in [4.78, 5) is 4.38. The summed E-state index contributed by atoms with van der Waals surface area (Å²) in [5.74, 6) is 0.967. The van der Waals surface area contributed by atoms with Crippen molar-refractivity contribution in [3.63, 3.8) is 0 Å². The zero-order chi connectivity index (χ0) is 14.1. The summed E-state index contributed by atoms with van der Waals surface area (Å²) in [5, 5.41) is 4.95. The Labute approximate surface area is 126 Å². The number of aryl methyl sites for hydroxylation is 1. The highest BCUT2D eigenvalue weighted by Crippen LogP contribution is 2.28. The van der Waals surface area contributed by atoms with Gasteiger partial charge >= 0.3 is 0 Å². The van der Waals surface area contributed by atoms with Gasteiger partial charge in [0.15, 0.2) is 0 Å². The Morgan fingerprint density at radius 1 is 0.950 bits per heavy atom. The van der Waals surface area contributed by atoms with Crippen LogP contribution in [0.3, 0.4) is 0 Å². The van der Waals surface area contributed by atoms with Gasteiger partial charge in [0.1, 0.15) is 0 Å². The average molecular weight is 305 g/mol. The summed E-state index contributed by atoms with van der Waals surface area (Å²) >= 11 is 11.9. The third-order valence-electron chi connectivity index (χ3n) is 2.87. The van der Waals surface area contributed by atoms with Gasteiger partial charge in [0, 0.05) is 11.1 Å². The normalized spacial score (nSPS) is 10.8. The van der Waals surface area contributed by atoms with Gasteiger partial charge in [0.2, 0.25) is 5.82 Å². The standard InChI is InChI=1S/C15H10Cl2N2O/c1-9-3-2-4-10(7-9)14-18-15(20-19-14)11-5-6-12(16)13(17)8-11/h2-8H,1H3. The van der Waals surface area contributed by atoms with Crippen LogP contribution in [0.4, 0.5) is 0 Å². The molecule has 0 aliphatic rings. The first-order chi connectivity index (χ1) is 9.63. The fraction of sp³-hybridized carbons (Fsp3) is 0.0667. The average Bonchev–Trinajstić information content (AvgIpc) is 2.92. The summed E-state index contributed by atoms with van der Waals surface area (Å²) in [6, 6.07) is 13.1. The van der Waals surface area contributed by atoms with Crippen molar-refractivity contribution in [2.45, 2.75) is 6.92 Å². The number of benzene rings is 2. The maximum Gasteiger partial charge on any atom is 0.258 e. The van der Waals surface area contributed by atoms with E-state index in [1.807, 2.05) is 31.2 Å². The molecule has 0 atom stereocenters. The van der Waals surface area contributed by atoms with Gasteiger partial charge < -0.3 is 4.52 Å². The van der Waals surface area contributed by atoms with Crippen LogP contribution in [0.15, 0.2) is 47.0 Å². The van der Waals surface area contributed by atoms with Gasteiger partial charge in [-0.25, -0.2) is 0 Å². The molecule has 3 rings (SSSR count). The molecule has 0 spiro atoms. The molecule has 1 heterocycles. The Bertz CT molecular complexity index is 768. The highest BCUT2D eigenvalue weighted by atomic mass is 35.5. The monoisotopic (exact) mass is 304 g/mol. The van der Waals surface area contributed by atoms with Gasteiger partial charge in [-0.3, -0.25) is 0 Å². The van der Waals surface area contributed by atoms with Crippen molar-refractivity contribution in [3.05, 3.63) is 58.1 Å². The topological polar surface area (TPSA) is 38.9 Å². The summed E-state index contributed by atoms with van der Waals surface area (Å²) < 4.78 is 5.28. The lowest BCUT2D eigenvalue weighted by Gasteiger charge is -1.97. The molecule has 0 saturated heterocycles. The second-order valence-electron chi connectivity index (χ2n) is 4.42. The van der Waals surface area contributed by atoms with Crippen LogP contribution in [0.25, 0.3) is 22.8 Å². The maximum atomic E-state index is 5.99. The first-order valence-electron chi connectivity index (χ1n) is 5.99. The van der Waals surface area contributed by atoms with Crippen LogP contribution in [0.1, 0.15) is 5.56 Å². The van der Waals surface area contributed by atoms with Crippen LogP contribution in [0.2, 0.25) is 10.0 Å². The Morgan fingerprint density at radius 2 is 1.80 bits per heavy atom. The molecular weight excluding hydrogens is 295 g/mol. The third kappa shape index (κ3) is 2.55. The molecule has 0 aliphatic carbocycles. The van der Waals surface area contributed by atoms with E-state index in [9.17, 15) is 0 Å². The highest BCUT2D eigenvalue weighted by Gasteiger charge is 2.11. The molecule has 0 aliphatic heterocycles. The summed E-state index contributed by atoms with van der Waals surface area (Å²) in [7, 11) is 0. The maximum absolute atomic E-state index is 5.99. The number of halogens is 2. The molecule has 0 radical (unpaired) electrons. The van der Waals surface area contributed by atoms with Crippen molar-refractivity contribution in [3.8, 4) is 22.8 Å². The number of aromatic nitrogens is 2. The number of hydrogen-bond donors (Lipinski definition) is 0. The second-order valence-corrected chi connectivity index (χ2v) is 5.24. The van der Waals surface area contributed by atoms with Gasteiger partial charge in [-0.05, 0) is 31.2 Å². The van der Waals surface area contributed by atoms with E-state index in [2.05, 4.69) is 10.1 Å². The molecule has 20 heavy (non-hydrogen) atoms. The van der Waals surface area contributed by atoms with E-state index in [1.165, 1.54) is 0 Å². The first kappa shape index (κ1) is 13.2. The molecule has 3 aromatic rings. The number of nitrogens with zero attached hydrogens (tertiary/aromatic N) is 2. The molecule has 0 fully saturated rings. The lowest BCUT2D eigenvalue weighted by Crippen LogP contribution is -1.82. The van der Waals surface area contributed by atoms with E-state index >= 15 is 0 Å². The Hall–Kier alpha value is -1.84. The predicted molar refractivity (Wildman–Crippen MR) is 79.9 cm³/mol. The molecule has 0 N–H and O–H groups in total. The Kier molecular flexibility index (Phi) is 3.47. The lowest BCUT2D eigenvalue weighted by atomic mass is 10.1. The van der Waals surface area contributed by atoms with Crippen molar-refractivity contribution >= 4 is 23.2 Å². The van der Waals surface area contributed by atoms with Crippen molar-refractivity contribution in [1.29, 1.82) is 0 Å². The van der Waals surface area contributed by atoms with Crippen molar-refractivity contribution < 1.29 is 4.52 Å². The van der Waals surface area contributed by atoms with E-state index in [0.29, 0.717) is 21.8 Å². The van der Waals surface area contributed by atoms with Gasteiger partial charge in [-0.15, -0.1) is 0 Å². The predicted octanol–water partition coefficient (Wildman–Crippen LogP) is 5.02. The molecule has 0 bridgehead atoms. The van der Waals surface area contributed by atoms with Crippen LogP contribution in [0, 0.1) is 6.92 Å². The minimum atomic E-state index is 0.417. The molecule has 2 aromatic carbocycles. The largest absolute Gasteiger partial charge is 0.334 e. The van der Waals surface area contributed by atoms with Crippen molar-refractivity contribution in [1.82, 2.24) is 10.1 Å². The molecule has 100 valence electrons. The van der Waals surface area contributed by atoms with Crippen molar-refractivity contribution in [2.75, 3.05) is 0 Å². The van der Waals surface area contributed by atoms with E-state index in [4.69, 9.17) is 27.7 Å². The molecule has 3 nitrogen and oxygen atoms in total. The Balaban J connectivity index is 1.99. The van der Waals surface area contributed by atoms with Crippen molar-refractivity contribution in [2.24, 2.45) is 0 Å². The molecule has 0 unspecified atom stereocenters. The number of hydrogen-bond acceptors (Lipinski definition) is 3. The van der Waals surface area contributed by atoms with E-state index < -0.39 is 0 Å². The van der Waals surface area contributed by atoms with Gasteiger partial charge in [-0.2, -0.15) is 4.98 Å². The Morgan fingerprint density at radius 3 is 2.55 bits per heavy atom. The van der Waals surface area contributed by atoms with E-state index in [0.717, 1.165) is 16.7 Å². The lowest BCUT2D eigenvalue weighted by molar-refractivity contribution is 0.432. The van der Waals surface area contributed by atoms with Crippen LogP contribution in [0.5, 0.6) is 0 Å². The molecule has 1 aromatic heterocycles. The van der Waals surface area contributed by atoms with E-state index in [-0.39, 0.29) is 0 Å². The first-order valence-corrected chi connectivity index (χ1v) is 6.75. The van der Waals surface area contributed by atoms with Crippen LogP contribution in [-0.4, -0.2) is 10.1 Å². The molecule has 5 heteroatoms. The minimum absolute atomic E-state index is 0.417. The van der Waals surface area contributed by atoms with Crippen LogP contribution >= 0.6 is 23.2 Å².